The molecule has 0 radical (unpaired) electrons. The monoisotopic (exact) mass is 283 g/mol. The molecule has 1 saturated carbocycles. The lowest BCUT2D eigenvalue weighted by Crippen LogP contribution is -2.51. The Labute approximate surface area is 122 Å². The predicted octanol–water partition coefficient (Wildman–Crippen LogP) is 1.42. The molecule has 0 bridgehead atoms. The molecule has 0 spiro atoms. The number of hydrogen-bond donors (Lipinski definition) is 2. The van der Waals surface area contributed by atoms with Crippen molar-refractivity contribution >= 4 is 6.03 Å². The van der Waals surface area contributed by atoms with Gasteiger partial charge in [-0.15, -0.1) is 0 Å². The van der Waals surface area contributed by atoms with Crippen molar-refractivity contribution in [1.29, 1.82) is 0 Å². The Balaban J connectivity index is 1.70. The molecule has 2 rings (SSSR count). The van der Waals surface area contributed by atoms with E-state index < -0.39 is 5.60 Å². The van der Waals surface area contributed by atoms with Gasteiger partial charge in [0.25, 0.3) is 0 Å². The Morgan fingerprint density at radius 1 is 1.25 bits per heavy atom. The van der Waals surface area contributed by atoms with Crippen molar-refractivity contribution in [2.45, 2.75) is 56.6 Å². The second kappa shape index (κ2) is 6.76. The molecule has 0 aromatic rings. The maximum Gasteiger partial charge on any atom is 0.319 e. The molecule has 2 N–H and O–H groups in total. The summed E-state index contributed by atoms with van der Waals surface area (Å²) in [6, 6.07) is 0.543. The number of piperidine rings is 1. The molecule has 1 heterocycles. The van der Waals surface area contributed by atoms with E-state index in [0.717, 1.165) is 51.6 Å². The lowest BCUT2D eigenvalue weighted by Gasteiger charge is -2.37. The zero-order chi connectivity index (χ0) is 14.6. The highest BCUT2D eigenvalue weighted by Gasteiger charge is 2.30. The van der Waals surface area contributed by atoms with Gasteiger partial charge in [-0.1, -0.05) is 19.3 Å². The average Bonchev–Trinajstić information content (AvgIpc) is 2.46. The summed E-state index contributed by atoms with van der Waals surface area (Å²) < 4.78 is 0. The van der Waals surface area contributed by atoms with Gasteiger partial charge in [-0.05, 0) is 25.7 Å². The van der Waals surface area contributed by atoms with Gasteiger partial charge in [0.05, 0.1) is 5.60 Å². The molecule has 20 heavy (non-hydrogen) atoms. The van der Waals surface area contributed by atoms with Crippen LogP contribution >= 0.6 is 0 Å². The minimum Gasteiger partial charge on any atom is -0.389 e. The second-order valence-electron chi connectivity index (χ2n) is 6.60. The molecule has 2 amide bonds. The molecule has 0 aromatic carbocycles. The van der Waals surface area contributed by atoms with Gasteiger partial charge in [-0.25, -0.2) is 4.79 Å². The SMILES string of the molecule is CN(C)C(=O)N1CCC(NCC2(O)CCCCC2)CC1. The van der Waals surface area contributed by atoms with Crippen LogP contribution in [0.15, 0.2) is 0 Å². The Kier molecular flexibility index (Phi) is 5.27. The quantitative estimate of drug-likeness (QED) is 0.823. The van der Waals surface area contributed by atoms with E-state index in [1.54, 1.807) is 19.0 Å². The second-order valence-corrected chi connectivity index (χ2v) is 6.60. The van der Waals surface area contributed by atoms with E-state index in [2.05, 4.69) is 5.32 Å². The van der Waals surface area contributed by atoms with Crippen LogP contribution in [0.5, 0.6) is 0 Å². The Hall–Kier alpha value is -0.810. The minimum absolute atomic E-state index is 0.106. The number of nitrogens with one attached hydrogen (secondary N) is 1. The summed E-state index contributed by atoms with van der Waals surface area (Å²) in [6.45, 7) is 2.33. The number of likely N-dealkylation sites (tertiary alicyclic amines) is 1. The molecule has 116 valence electrons. The first-order chi connectivity index (χ1) is 9.50. The number of nitrogens with zero attached hydrogens (tertiary/aromatic N) is 2. The van der Waals surface area contributed by atoms with Crippen LogP contribution in [0.3, 0.4) is 0 Å². The Morgan fingerprint density at radius 2 is 1.85 bits per heavy atom. The van der Waals surface area contributed by atoms with E-state index in [1.807, 2.05) is 4.90 Å². The molecule has 0 unspecified atom stereocenters. The van der Waals surface area contributed by atoms with E-state index in [0.29, 0.717) is 12.6 Å². The van der Waals surface area contributed by atoms with Crippen LogP contribution in [-0.2, 0) is 0 Å². The summed E-state index contributed by atoms with van der Waals surface area (Å²) in [7, 11) is 3.59. The van der Waals surface area contributed by atoms with Crippen molar-refractivity contribution in [2.24, 2.45) is 0 Å². The van der Waals surface area contributed by atoms with E-state index in [4.69, 9.17) is 0 Å². The molecule has 1 saturated heterocycles. The van der Waals surface area contributed by atoms with Crippen molar-refractivity contribution in [3.8, 4) is 0 Å². The molecule has 0 atom stereocenters. The average molecular weight is 283 g/mol. The fraction of sp³-hybridized carbons (Fsp3) is 0.933. The van der Waals surface area contributed by atoms with Crippen LogP contribution in [0.2, 0.25) is 0 Å². The standard InChI is InChI=1S/C15H29N3O2/c1-17(2)14(19)18-10-6-13(7-11-18)16-12-15(20)8-4-3-5-9-15/h13,16,20H,3-12H2,1-2H3. The van der Waals surface area contributed by atoms with E-state index in [-0.39, 0.29) is 6.03 Å². The summed E-state index contributed by atoms with van der Waals surface area (Å²) in [5.74, 6) is 0. The van der Waals surface area contributed by atoms with Gasteiger partial charge < -0.3 is 20.2 Å². The van der Waals surface area contributed by atoms with Crippen molar-refractivity contribution in [1.82, 2.24) is 15.1 Å². The van der Waals surface area contributed by atoms with Crippen LogP contribution < -0.4 is 5.32 Å². The third-order valence-electron chi connectivity index (χ3n) is 4.65. The zero-order valence-electron chi connectivity index (χ0n) is 12.9. The van der Waals surface area contributed by atoms with Gasteiger partial charge in [-0.3, -0.25) is 0 Å². The predicted molar refractivity (Wildman–Crippen MR) is 79.7 cm³/mol. The first kappa shape index (κ1) is 15.6. The van der Waals surface area contributed by atoms with Gasteiger partial charge in [0.1, 0.15) is 0 Å². The molecule has 2 fully saturated rings. The number of hydrogen-bond acceptors (Lipinski definition) is 3. The third kappa shape index (κ3) is 4.09. The third-order valence-corrected chi connectivity index (χ3v) is 4.65. The maximum atomic E-state index is 11.9. The van der Waals surface area contributed by atoms with Crippen molar-refractivity contribution < 1.29 is 9.90 Å². The first-order valence-electron chi connectivity index (χ1n) is 7.92. The summed E-state index contributed by atoms with van der Waals surface area (Å²) in [5.41, 5.74) is -0.491. The molecule has 5 heteroatoms. The zero-order valence-corrected chi connectivity index (χ0v) is 12.9. The lowest BCUT2D eigenvalue weighted by atomic mass is 9.84. The molecule has 0 aromatic heterocycles. The van der Waals surface area contributed by atoms with Gasteiger partial charge in [0.15, 0.2) is 0 Å². The Morgan fingerprint density at radius 3 is 2.40 bits per heavy atom. The van der Waals surface area contributed by atoms with Crippen LogP contribution in [0.4, 0.5) is 4.79 Å². The molecule has 2 aliphatic rings. The summed E-state index contributed by atoms with van der Waals surface area (Å²) in [4.78, 5) is 15.4. The van der Waals surface area contributed by atoms with E-state index >= 15 is 0 Å². The number of aliphatic hydroxyl groups is 1. The normalized spacial score (nSPS) is 23.6. The number of rotatable bonds is 3. The topological polar surface area (TPSA) is 55.8 Å². The number of carbonyl (C=O) groups excluding carboxylic acids is 1. The van der Waals surface area contributed by atoms with Crippen LogP contribution in [-0.4, -0.2) is 66.3 Å². The highest BCUT2D eigenvalue weighted by molar-refractivity contribution is 5.73. The molecular formula is C15H29N3O2. The molecule has 1 aliphatic heterocycles. The summed E-state index contributed by atoms with van der Waals surface area (Å²) in [5, 5.41) is 14.0. The molecular weight excluding hydrogens is 254 g/mol. The van der Waals surface area contributed by atoms with Crippen LogP contribution in [0.1, 0.15) is 44.9 Å². The lowest BCUT2D eigenvalue weighted by molar-refractivity contribution is 0.000995. The van der Waals surface area contributed by atoms with Gasteiger partial charge in [0, 0.05) is 39.8 Å². The molecule has 1 aliphatic carbocycles. The van der Waals surface area contributed by atoms with E-state index in [9.17, 15) is 9.90 Å². The van der Waals surface area contributed by atoms with Gasteiger partial charge >= 0.3 is 6.03 Å². The Bertz CT molecular complexity index is 319. The highest BCUT2D eigenvalue weighted by Crippen LogP contribution is 2.27. The smallest absolute Gasteiger partial charge is 0.319 e. The van der Waals surface area contributed by atoms with Crippen molar-refractivity contribution in [3.05, 3.63) is 0 Å². The van der Waals surface area contributed by atoms with Crippen LogP contribution in [0.25, 0.3) is 0 Å². The van der Waals surface area contributed by atoms with Gasteiger partial charge in [0.2, 0.25) is 0 Å². The number of urea groups is 1. The fourth-order valence-electron chi connectivity index (χ4n) is 3.28. The van der Waals surface area contributed by atoms with Gasteiger partial charge in [-0.2, -0.15) is 0 Å². The summed E-state index contributed by atoms with van der Waals surface area (Å²) >= 11 is 0. The van der Waals surface area contributed by atoms with Crippen molar-refractivity contribution in [3.63, 3.8) is 0 Å². The van der Waals surface area contributed by atoms with Crippen molar-refractivity contribution in [2.75, 3.05) is 33.7 Å². The van der Waals surface area contributed by atoms with Crippen LogP contribution in [0, 0.1) is 0 Å². The first-order valence-corrected chi connectivity index (χ1v) is 7.92. The largest absolute Gasteiger partial charge is 0.389 e. The minimum atomic E-state index is -0.491. The maximum absolute atomic E-state index is 11.9. The highest BCUT2D eigenvalue weighted by atomic mass is 16.3. The van der Waals surface area contributed by atoms with E-state index in [1.165, 1.54) is 6.42 Å². The molecule has 5 nitrogen and oxygen atoms in total. The summed E-state index contributed by atoms with van der Waals surface area (Å²) in [6.07, 6.45) is 7.37. The fourth-order valence-corrected chi connectivity index (χ4v) is 3.28. The number of amides is 2. The number of carbonyl (C=O) groups is 1.